The first-order chi connectivity index (χ1) is 13.7. The largest absolute Gasteiger partial charge is 0.369 e. The monoisotopic (exact) mass is 396 g/mol. The van der Waals surface area contributed by atoms with E-state index in [1.165, 1.54) is 6.42 Å². The molecule has 6 heteroatoms. The second-order valence-corrected chi connectivity index (χ2v) is 9.30. The summed E-state index contributed by atoms with van der Waals surface area (Å²) in [7, 11) is 0. The lowest BCUT2D eigenvalue weighted by atomic mass is 9.95. The van der Waals surface area contributed by atoms with E-state index in [0.717, 1.165) is 54.6 Å². The van der Waals surface area contributed by atoms with E-state index in [0.29, 0.717) is 5.25 Å². The molecule has 0 spiro atoms. The third-order valence-corrected chi connectivity index (χ3v) is 6.99. The predicted octanol–water partition coefficient (Wildman–Crippen LogP) is 4.80. The normalized spacial score (nSPS) is 27.1. The predicted molar refractivity (Wildman–Crippen MR) is 113 cm³/mol. The fourth-order valence-electron chi connectivity index (χ4n) is 4.58. The third-order valence-electron chi connectivity index (χ3n) is 5.89. The molecule has 1 aromatic carbocycles. The van der Waals surface area contributed by atoms with E-state index in [2.05, 4.69) is 27.8 Å². The molecule has 0 aliphatic carbocycles. The summed E-state index contributed by atoms with van der Waals surface area (Å²) in [5.41, 5.74) is 2.67. The average molecular weight is 397 g/mol. The van der Waals surface area contributed by atoms with Crippen molar-refractivity contribution < 1.29 is 4.39 Å². The van der Waals surface area contributed by atoms with Gasteiger partial charge in [0.25, 0.3) is 0 Å². The fraction of sp³-hybridized carbons (Fsp3) is 0.455. The Morgan fingerprint density at radius 2 is 1.96 bits per heavy atom. The zero-order valence-corrected chi connectivity index (χ0v) is 16.9. The molecule has 3 atom stereocenters. The van der Waals surface area contributed by atoms with Gasteiger partial charge in [-0.25, -0.2) is 4.39 Å². The van der Waals surface area contributed by atoms with E-state index < -0.39 is 0 Å². The quantitative estimate of drug-likeness (QED) is 0.746. The van der Waals surface area contributed by atoms with Crippen molar-refractivity contribution in [2.45, 2.75) is 43.5 Å². The Hall–Kier alpha value is -2.08. The van der Waals surface area contributed by atoms with E-state index in [9.17, 15) is 0 Å². The van der Waals surface area contributed by atoms with Crippen molar-refractivity contribution >= 4 is 22.6 Å². The van der Waals surface area contributed by atoms with Gasteiger partial charge in [-0.15, -0.1) is 0 Å². The molecule has 3 unspecified atom stereocenters. The molecule has 0 bridgehead atoms. The van der Waals surface area contributed by atoms with Gasteiger partial charge in [-0.2, -0.15) is 0 Å². The van der Waals surface area contributed by atoms with Crippen molar-refractivity contribution in [1.82, 2.24) is 9.88 Å². The minimum absolute atomic E-state index is 0.00672. The van der Waals surface area contributed by atoms with Gasteiger partial charge in [0.15, 0.2) is 5.17 Å². The summed E-state index contributed by atoms with van der Waals surface area (Å²) in [5.74, 6) is -0.118. The van der Waals surface area contributed by atoms with Crippen molar-refractivity contribution in [3.8, 4) is 0 Å². The number of rotatable bonds is 3. The molecular weight excluding hydrogens is 371 g/mol. The molecule has 146 valence electrons. The zero-order valence-electron chi connectivity index (χ0n) is 16.1. The Labute approximate surface area is 169 Å². The van der Waals surface area contributed by atoms with E-state index in [1.807, 2.05) is 42.2 Å². The molecule has 2 saturated heterocycles. The smallest absolute Gasteiger partial charge is 0.160 e. The zero-order chi connectivity index (χ0) is 19.1. The maximum Gasteiger partial charge on any atom is 0.160 e. The molecule has 3 aliphatic rings. The van der Waals surface area contributed by atoms with E-state index in [1.54, 1.807) is 6.07 Å². The first-order valence-corrected chi connectivity index (χ1v) is 11.0. The van der Waals surface area contributed by atoms with Gasteiger partial charge in [-0.3, -0.25) is 9.98 Å². The van der Waals surface area contributed by atoms with Gasteiger partial charge < -0.3 is 9.80 Å². The molecule has 28 heavy (non-hydrogen) atoms. The van der Waals surface area contributed by atoms with E-state index in [4.69, 9.17) is 4.99 Å². The fourth-order valence-corrected chi connectivity index (χ4v) is 5.67. The van der Waals surface area contributed by atoms with Crippen molar-refractivity contribution in [2.75, 3.05) is 24.5 Å². The minimum Gasteiger partial charge on any atom is -0.369 e. The van der Waals surface area contributed by atoms with Crippen LogP contribution < -0.4 is 4.90 Å². The van der Waals surface area contributed by atoms with Crippen LogP contribution in [0.15, 0.2) is 47.6 Å². The number of aromatic nitrogens is 1. The summed E-state index contributed by atoms with van der Waals surface area (Å²) in [4.78, 5) is 14.1. The number of nitrogens with zero attached hydrogens (tertiary/aromatic N) is 4. The Morgan fingerprint density at radius 3 is 2.71 bits per heavy atom. The van der Waals surface area contributed by atoms with E-state index >= 15 is 4.39 Å². The Kier molecular flexibility index (Phi) is 4.75. The summed E-state index contributed by atoms with van der Waals surface area (Å²) >= 11 is 1.81. The average Bonchev–Trinajstić information content (AvgIpc) is 3.25. The highest BCUT2D eigenvalue weighted by Crippen LogP contribution is 2.47. The SMILES string of the molecule is CC1CN2C(=NC(c3ccccn3)C2c2ccc(N3CCCCC3)c(F)c2)S1. The van der Waals surface area contributed by atoms with Gasteiger partial charge in [0, 0.05) is 31.1 Å². The Bertz CT molecular complexity index is 881. The van der Waals surface area contributed by atoms with Gasteiger partial charge in [0.2, 0.25) is 0 Å². The first-order valence-electron chi connectivity index (χ1n) is 10.2. The Balaban J connectivity index is 1.50. The van der Waals surface area contributed by atoms with Gasteiger partial charge in [0.1, 0.15) is 11.9 Å². The summed E-state index contributed by atoms with van der Waals surface area (Å²) in [6.07, 6.45) is 5.35. The van der Waals surface area contributed by atoms with Crippen LogP contribution in [0.1, 0.15) is 49.5 Å². The molecule has 2 fully saturated rings. The second-order valence-electron chi connectivity index (χ2n) is 7.90. The van der Waals surface area contributed by atoms with Gasteiger partial charge in [-0.05, 0) is 49.1 Å². The summed E-state index contributed by atoms with van der Waals surface area (Å²) < 4.78 is 15.1. The summed E-state index contributed by atoms with van der Waals surface area (Å²) in [6.45, 7) is 5.05. The molecule has 2 aromatic rings. The molecule has 4 nitrogen and oxygen atoms in total. The lowest BCUT2D eigenvalue weighted by Crippen LogP contribution is -2.31. The number of fused-ring (bicyclic) bond motifs is 1. The number of amidine groups is 1. The molecule has 0 N–H and O–H groups in total. The molecule has 5 rings (SSSR count). The highest BCUT2D eigenvalue weighted by molar-refractivity contribution is 8.14. The van der Waals surface area contributed by atoms with Crippen LogP contribution in [-0.4, -0.2) is 39.9 Å². The van der Waals surface area contributed by atoms with Crippen molar-refractivity contribution in [1.29, 1.82) is 0 Å². The van der Waals surface area contributed by atoms with Crippen LogP contribution in [0.4, 0.5) is 10.1 Å². The van der Waals surface area contributed by atoms with Crippen LogP contribution in [0, 0.1) is 5.82 Å². The van der Waals surface area contributed by atoms with Crippen LogP contribution in [0.2, 0.25) is 0 Å². The molecule has 4 heterocycles. The lowest BCUT2D eigenvalue weighted by Gasteiger charge is -2.31. The van der Waals surface area contributed by atoms with Crippen LogP contribution in [0.25, 0.3) is 0 Å². The molecule has 0 amide bonds. The molecule has 1 aromatic heterocycles. The standard InChI is InChI=1S/C22H25FN4S/c1-15-14-27-21(20(25-22(27)28-15)18-7-3-4-10-24-18)16-8-9-19(17(23)13-16)26-11-5-2-6-12-26/h3-4,7-10,13,15,20-21H,2,5-6,11-12,14H2,1H3. The Morgan fingerprint density at radius 1 is 1.11 bits per heavy atom. The minimum atomic E-state index is -0.118. The topological polar surface area (TPSA) is 31.7 Å². The lowest BCUT2D eigenvalue weighted by molar-refractivity contribution is 0.320. The number of pyridine rings is 1. The van der Waals surface area contributed by atoms with Crippen LogP contribution >= 0.6 is 11.8 Å². The van der Waals surface area contributed by atoms with Gasteiger partial charge >= 0.3 is 0 Å². The number of hydrogen-bond donors (Lipinski definition) is 0. The molecule has 0 radical (unpaired) electrons. The number of benzene rings is 1. The van der Waals surface area contributed by atoms with Crippen LogP contribution in [0.3, 0.4) is 0 Å². The van der Waals surface area contributed by atoms with Crippen LogP contribution in [0.5, 0.6) is 0 Å². The van der Waals surface area contributed by atoms with Crippen molar-refractivity contribution in [2.24, 2.45) is 4.99 Å². The van der Waals surface area contributed by atoms with Crippen molar-refractivity contribution in [3.05, 3.63) is 59.7 Å². The van der Waals surface area contributed by atoms with Crippen LogP contribution in [-0.2, 0) is 0 Å². The number of piperidine rings is 1. The second kappa shape index (κ2) is 7.39. The number of aliphatic imine (C=N–C) groups is 1. The number of thioether (sulfide) groups is 1. The van der Waals surface area contributed by atoms with Gasteiger partial charge in [-0.1, -0.05) is 30.8 Å². The number of halogens is 1. The molecule has 3 aliphatic heterocycles. The molecular formula is C22H25FN4S. The highest BCUT2D eigenvalue weighted by Gasteiger charge is 2.43. The van der Waals surface area contributed by atoms with E-state index in [-0.39, 0.29) is 17.9 Å². The number of hydrogen-bond acceptors (Lipinski definition) is 5. The summed E-state index contributed by atoms with van der Waals surface area (Å²) in [5, 5.41) is 1.57. The maximum absolute atomic E-state index is 15.1. The van der Waals surface area contributed by atoms with Gasteiger partial charge in [0.05, 0.1) is 17.4 Å². The third kappa shape index (κ3) is 3.17. The maximum atomic E-state index is 15.1. The first kappa shape index (κ1) is 18.0. The summed E-state index contributed by atoms with van der Waals surface area (Å²) in [6, 6.07) is 11.7. The highest BCUT2D eigenvalue weighted by atomic mass is 32.2. The molecule has 0 saturated carbocycles. The number of anilines is 1. The van der Waals surface area contributed by atoms with Crippen molar-refractivity contribution in [3.63, 3.8) is 0 Å².